The number of allylic oxidation sites excluding steroid dienone is 3. The molecule has 0 amide bonds. The molecule has 0 aliphatic heterocycles. The standard InChI is InChI=1S/C10H16O2/c1-5-12-10(11)9(4)7-6-8(2)3/h6-7H,5H2,1-4H3. The van der Waals surface area contributed by atoms with Crippen molar-refractivity contribution in [3.63, 3.8) is 0 Å². The van der Waals surface area contributed by atoms with Crippen molar-refractivity contribution in [1.82, 2.24) is 0 Å². The lowest BCUT2D eigenvalue weighted by atomic mass is 10.2. The molecule has 0 radical (unpaired) electrons. The summed E-state index contributed by atoms with van der Waals surface area (Å²) in [5.74, 6) is -0.241. The maximum absolute atomic E-state index is 11.0. The van der Waals surface area contributed by atoms with Crippen molar-refractivity contribution in [2.75, 3.05) is 6.61 Å². The summed E-state index contributed by atoms with van der Waals surface area (Å²) in [4.78, 5) is 11.0. The fraction of sp³-hybridized carbons (Fsp3) is 0.500. The number of hydrogen-bond acceptors (Lipinski definition) is 2. The highest BCUT2D eigenvalue weighted by Crippen LogP contribution is 1.99. The molecular weight excluding hydrogens is 152 g/mol. The average molecular weight is 168 g/mol. The summed E-state index contributed by atoms with van der Waals surface area (Å²) < 4.78 is 4.80. The van der Waals surface area contributed by atoms with Gasteiger partial charge in [0.25, 0.3) is 0 Å². The topological polar surface area (TPSA) is 26.3 Å². The molecule has 0 heterocycles. The SMILES string of the molecule is CCOC(=O)C(C)=CC=C(C)C. The summed E-state index contributed by atoms with van der Waals surface area (Å²) in [7, 11) is 0. The zero-order valence-electron chi connectivity index (χ0n) is 8.18. The summed E-state index contributed by atoms with van der Waals surface area (Å²) in [5.41, 5.74) is 1.80. The quantitative estimate of drug-likeness (QED) is 0.367. The van der Waals surface area contributed by atoms with E-state index in [1.54, 1.807) is 19.9 Å². The number of carbonyl (C=O) groups is 1. The molecule has 0 aliphatic carbocycles. The van der Waals surface area contributed by atoms with E-state index in [4.69, 9.17) is 4.74 Å². The molecule has 0 atom stereocenters. The van der Waals surface area contributed by atoms with Crippen LogP contribution < -0.4 is 0 Å². The van der Waals surface area contributed by atoms with Crippen LogP contribution in [0.5, 0.6) is 0 Å². The fourth-order valence-electron chi connectivity index (χ4n) is 0.605. The van der Waals surface area contributed by atoms with Gasteiger partial charge < -0.3 is 4.74 Å². The van der Waals surface area contributed by atoms with E-state index in [1.807, 2.05) is 19.9 Å². The Bertz CT molecular complexity index is 208. The first kappa shape index (κ1) is 11.0. The van der Waals surface area contributed by atoms with Crippen LogP contribution in [-0.2, 0) is 9.53 Å². The first-order chi connectivity index (χ1) is 5.57. The van der Waals surface area contributed by atoms with Gasteiger partial charge in [-0.15, -0.1) is 0 Å². The third-order valence-corrected chi connectivity index (χ3v) is 1.26. The van der Waals surface area contributed by atoms with Crippen LogP contribution >= 0.6 is 0 Å². The molecule has 0 aliphatic rings. The third-order valence-electron chi connectivity index (χ3n) is 1.26. The van der Waals surface area contributed by atoms with Gasteiger partial charge in [0.05, 0.1) is 6.61 Å². The van der Waals surface area contributed by atoms with Crippen molar-refractivity contribution in [2.45, 2.75) is 27.7 Å². The maximum atomic E-state index is 11.0. The summed E-state index contributed by atoms with van der Waals surface area (Å²) in [6.45, 7) is 7.94. The van der Waals surface area contributed by atoms with Crippen LogP contribution in [-0.4, -0.2) is 12.6 Å². The van der Waals surface area contributed by atoms with Crippen molar-refractivity contribution in [3.8, 4) is 0 Å². The summed E-state index contributed by atoms with van der Waals surface area (Å²) >= 11 is 0. The monoisotopic (exact) mass is 168 g/mol. The minimum absolute atomic E-state index is 0.241. The second-order valence-electron chi connectivity index (χ2n) is 2.81. The van der Waals surface area contributed by atoms with Crippen molar-refractivity contribution in [2.24, 2.45) is 0 Å². The molecule has 0 aromatic heterocycles. The first-order valence-corrected chi connectivity index (χ1v) is 4.06. The number of esters is 1. The number of hydrogen-bond donors (Lipinski definition) is 0. The van der Waals surface area contributed by atoms with Gasteiger partial charge in [0.15, 0.2) is 0 Å². The lowest BCUT2D eigenvalue weighted by Gasteiger charge is -1.99. The molecule has 0 saturated carbocycles. The average Bonchev–Trinajstić information content (AvgIpc) is 2.00. The van der Waals surface area contributed by atoms with Gasteiger partial charge in [0, 0.05) is 5.57 Å². The highest BCUT2D eigenvalue weighted by Gasteiger charge is 2.01. The van der Waals surface area contributed by atoms with Gasteiger partial charge in [0.2, 0.25) is 0 Å². The van der Waals surface area contributed by atoms with Crippen LogP contribution in [0.2, 0.25) is 0 Å². The van der Waals surface area contributed by atoms with E-state index in [9.17, 15) is 4.79 Å². The number of ether oxygens (including phenoxy) is 1. The Balaban J connectivity index is 4.18. The molecule has 0 bridgehead atoms. The van der Waals surface area contributed by atoms with Crippen LogP contribution in [0.4, 0.5) is 0 Å². The van der Waals surface area contributed by atoms with Gasteiger partial charge >= 0.3 is 5.97 Å². The highest BCUT2D eigenvalue weighted by atomic mass is 16.5. The van der Waals surface area contributed by atoms with E-state index in [-0.39, 0.29) is 5.97 Å². The number of carbonyl (C=O) groups excluding carboxylic acids is 1. The zero-order valence-corrected chi connectivity index (χ0v) is 8.18. The molecule has 0 N–H and O–H groups in total. The second kappa shape index (κ2) is 5.58. The Morgan fingerprint density at radius 1 is 1.25 bits per heavy atom. The van der Waals surface area contributed by atoms with E-state index >= 15 is 0 Å². The summed E-state index contributed by atoms with van der Waals surface area (Å²) in [6, 6.07) is 0. The van der Waals surface area contributed by atoms with E-state index in [1.165, 1.54) is 5.57 Å². The molecule has 2 heteroatoms. The van der Waals surface area contributed by atoms with E-state index in [2.05, 4.69) is 0 Å². The molecule has 0 fully saturated rings. The van der Waals surface area contributed by atoms with E-state index < -0.39 is 0 Å². The minimum atomic E-state index is -0.241. The predicted molar refractivity (Wildman–Crippen MR) is 49.8 cm³/mol. The van der Waals surface area contributed by atoms with Gasteiger partial charge in [-0.3, -0.25) is 0 Å². The Morgan fingerprint density at radius 2 is 1.83 bits per heavy atom. The fourth-order valence-corrected chi connectivity index (χ4v) is 0.605. The van der Waals surface area contributed by atoms with Crippen LogP contribution in [0.25, 0.3) is 0 Å². The van der Waals surface area contributed by atoms with E-state index in [0.717, 1.165) is 0 Å². The molecule has 0 spiro atoms. The van der Waals surface area contributed by atoms with Crippen LogP contribution in [0.15, 0.2) is 23.3 Å². The Hall–Kier alpha value is -1.05. The first-order valence-electron chi connectivity index (χ1n) is 4.06. The summed E-state index contributed by atoms with van der Waals surface area (Å²) in [6.07, 6.45) is 3.67. The van der Waals surface area contributed by atoms with Crippen molar-refractivity contribution < 1.29 is 9.53 Å². The van der Waals surface area contributed by atoms with Gasteiger partial charge in [-0.2, -0.15) is 0 Å². The maximum Gasteiger partial charge on any atom is 0.333 e. The Morgan fingerprint density at radius 3 is 2.25 bits per heavy atom. The molecule has 0 aromatic carbocycles. The van der Waals surface area contributed by atoms with Gasteiger partial charge in [-0.1, -0.05) is 17.7 Å². The Labute approximate surface area is 73.9 Å². The molecule has 0 rings (SSSR count). The van der Waals surface area contributed by atoms with Crippen LogP contribution in [0.3, 0.4) is 0 Å². The van der Waals surface area contributed by atoms with Crippen molar-refractivity contribution in [1.29, 1.82) is 0 Å². The molecule has 2 nitrogen and oxygen atoms in total. The van der Waals surface area contributed by atoms with Gasteiger partial charge in [-0.25, -0.2) is 4.79 Å². The molecular formula is C10H16O2. The predicted octanol–water partition coefficient (Wildman–Crippen LogP) is 2.46. The molecule has 12 heavy (non-hydrogen) atoms. The highest BCUT2D eigenvalue weighted by molar-refractivity contribution is 5.88. The lowest BCUT2D eigenvalue weighted by Crippen LogP contribution is -2.04. The number of rotatable bonds is 3. The van der Waals surface area contributed by atoms with E-state index in [0.29, 0.717) is 12.2 Å². The Kier molecular flexibility index (Phi) is 5.09. The van der Waals surface area contributed by atoms with Crippen molar-refractivity contribution >= 4 is 5.97 Å². The molecule has 0 saturated heterocycles. The smallest absolute Gasteiger partial charge is 0.333 e. The largest absolute Gasteiger partial charge is 0.463 e. The molecule has 0 aromatic rings. The second-order valence-corrected chi connectivity index (χ2v) is 2.81. The third kappa shape index (κ3) is 4.72. The van der Waals surface area contributed by atoms with Crippen LogP contribution in [0, 0.1) is 0 Å². The normalized spacial score (nSPS) is 10.8. The zero-order chi connectivity index (χ0) is 9.56. The lowest BCUT2D eigenvalue weighted by molar-refractivity contribution is -0.138. The van der Waals surface area contributed by atoms with Gasteiger partial charge in [-0.05, 0) is 27.7 Å². The van der Waals surface area contributed by atoms with Crippen LogP contribution in [0.1, 0.15) is 27.7 Å². The van der Waals surface area contributed by atoms with Crippen molar-refractivity contribution in [3.05, 3.63) is 23.3 Å². The van der Waals surface area contributed by atoms with Gasteiger partial charge in [0.1, 0.15) is 0 Å². The summed E-state index contributed by atoms with van der Waals surface area (Å²) in [5, 5.41) is 0. The molecule has 0 unspecified atom stereocenters. The minimum Gasteiger partial charge on any atom is -0.463 e. The molecule has 68 valence electrons.